The van der Waals surface area contributed by atoms with Crippen molar-refractivity contribution in [3.63, 3.8) is 0 Å². The molecule has 0 amide bonds. The number of rotatable bonds is 5. The maximum Gasteiger partial charge on any atom is 0.195 e. The van der Waals surface area contributed by atoms with E-state index in [1.807, 2.05) is 31.1 Å². The molecule has 0 unspecified atom stereocenters. The van der Waals surface area contributed by atoms with Crippen molar-refractivity contribution >= 4 is 32.4 Å². The first-order chi connectivity index (χ1) is 16.9. The molecule has 0 saturated heterocycles. The normalized spacial score (nSPS) is 18.2. The van der Waals surface area contributed by atoms with Gasteiger partial charge in [0.05, 0.1) is 24.5 Å². The zero-order valence-electron chi connectivity index (χ0n) is 19.0. The lowest BCUT2D eigenvalue weighted by molar-refractivity contribution is 0.0825. The maximum atomic E-state index is 14.8. The van der Waals surface area contributed by atoms with Crippen LogP contribution in [0.3, 0.4) is 0 Å². The van der Waals surface area contributed by atoms with Crippen molar-refractivity contribution in [2.45, 2.75) is 31.4 Å². The van der Waals surface area contributed by atoms with Crippen LogP contribution in [-0.2, 0) is 4.74 Å². The lowest BCUT2D eigenvalue weighted by Gasteiger charge is -2.21. The summed E-state index contributed by atoms with van der Waals surface area (Å²) < 4.78 is 51.0. The number of thiazole rings is 1. The fourth-order valence-electron chi connectivity index (χ4n) is 4.07. The van der Waals surface area contributed by atoms with Gasteiger partial charge in [-0.05, 0) is 43.0 Å². The minimum Gasteiger partial charge on any atom is -0.369 e. The first kappa shape index (κ1) is 22.2. The molecule has 0 spiro atoms. The number of aromatic nitrogens is 5. The molecule has 1 atom stereocenters. The summed E-state index contributed by atoms with van der Waals surface area (Å²) in [4.78, 5) is 15.7. The third-order valence-corrected chi connectivity index (χ3v) is 7.31. The van der Waals surface area contributed by atoms with Crippen LogP contribution in [-0.4, -0.2) is 45.4 Å². The quantitative estimate of drug-likeness (QED) is 0.347. The molecule has 35 heavy (non-hydrogen) atoms. The number of fused-ring (bicyclic) bond motifs is 1. The highest BCUT2D eigenvalue weighted by molar-refractivity contribution is 7.22. The van der Waals surface area contributed by atoms with Gasteiger partial charge in [0.1, 0.15) is 10.8 Å². The number of ether oxygens (including phenoxy) is 1. The fourth-order valence-corrected chi connectivity index (χ4v) is 5.00. The number of halogens is 3. The molecule has 1 aromatic carbocycles. The predicted octanol–water partition coefficient (Wildman–Crippen LogP) is 5.31. The summed E-state index contributed by atoms with van der Waals surface area (Å²) in [5, 5.41) is 5.09. The van der Waals surface area contributed by atoms with Crippen molar-refractivity contribution in [3.05, 3.63) is 59.4 Å². The molecule has 7 nitrogen and oxygen atoms in total. The van der Waals surface area contributed by atoms with Crippen LogP contribution in [0.15, 0.2) is 30.6 Å². The standard InChI is InChI=1S/C24H21F3N6OS/c1-32(2)24-31-23-21(35-24)20(15-5-6-16(25)19(27)18(15)26)29-22(30-23)12-7-8-34-17(9-12)13-10-28-33(11-13)14-3-4-14/h5-6,9-11,14,17H,3-4,7-8H2,1-2H3/t17-/m1/s1. The van der Waals surface area contributed by atoms with E-state index in [-0.39, 0.29) is 17.4 Å². The van der Waals surface area contributed by atoms with Gasteiger partial charge in [-0.15, -0.1) is 0 Å². The molecule has 3 aromatic heterocycles. The Balaban J connectivity index is 1.47. The average molecular weight is 499 g/mol. The van der Waals surface area contributed by atoms with Gasteiger partial charge in [0.2, 0.25) is 0 Å². The Morgan fingerprint density at radius 2 is 1.91 bits per heavy atom. The van der Waals surface area contributed by atoms with Gasteiger partial charge in [0.15, 0.2) is 34.1 Å². The van der Waals surface area contributed by atoms with Gasteiger partial charge in [-0.2, -0.15) is 10.1 Å². The van der Waals surface area contributed by atoms with Crippen molar-refractivity contribution in [1.82, 2.24) is 24.7 Å². The molecule has 1 fully saturated rings. The highest BCUT2D eigenvalue weighted by Crippen LogP contribution is 2.39. The number of anilines is 1. The molecule has 1 aliphatic heterocycles. The molecular weight excluding hydrogens is 477 g/mol. The molecule has 0 bridgehead atoms. The summed E-state index contributed by atoms with van der Waals surface area (Å²) in [5.74, 6) is -3.72. The fraction of sp³-hybridized carbons (Fsp3) is 0.333. The van der Waals surface area contributed by atoms with Gasteiger partial charge in [-0.3, -0.25) is 4.68 Å². The lowest BCUT2D eigenvalue weighted by atomic mass is 10.0. The van der Waals surface area contributed by atoms with Gasteiger partial charge in [0, 0.05) is 31.4 Å². The molecule has 180 valence electrons. The molecule has 6 rings (SSSR count). The minimum absolute atomic E-state index is 0.138. The van der Waals surface area contributed by atoms with Crippen LogP contribution in [0.1, 0.15) is 42.8 Å². The number of hydrogen-bond acceptors (Lipinski definition) is 7. The zero-order valence-corrected chi connectivity index (χ0v) is 19.8. The summed E-state index contributed by atoms with van der Waals surface area (Å²) in [7, 11) is 3.66. The van der Waals surface area contributed by atoms with E-state index in [4.69, 9.17) is 4.74 Å². The predicted molar refractivity (Wildman–Crippen MR) is 127 cm³/mol. The first-order valence-corrected chi connectivity index (χ1v) is 12.1. The molecular formula is C24H21F3N6OS. The maximum absolute atomic E-state index is 14.8. The van der Waals surface area contributed by atoms with Crippen LogP contribution in [0.4, 0.5) is 18.3 Å². The Bertz CT molecular complexity index is 1480. The average Bonchev–Trinajstić information content (AvgIpc) is 3.41. The van der Waals surface area contributed by atoms with Crippen molar-refractivity contribution in [2.24, 2.45) is 0 Å². The highest BCUT2D eigenvalue weighted by atomic mass is 32.1. The summed E-state index contributed by atoms with van der Waals surface area (Å²) in [6.45, 7) is 0.446. The first-order valence-electron chi connectivity index (χ1n) is 11.3. The SMILES string of the molecule is CN(C)c1nc2nc(C3=C[C@H](c4cnn(C5CC5)c4)OCC3)nc(-c3ccc(F)c(F)c3F)c2s1. The van der Waals surface area contributed by atoms with E-state index < -0.39 is 17.5 Å². The summed E-state index contributed by atoms with van der Waals surface area (Å²) in [5.41, 5.74) is 2.16. The second-order valence-electron chi connectivity index (χ2n) is 8.88. The van der Waals surface area contributed by atoms with Crippen molar-refractivity contribution < 1.29 is 17.9 Å². The number of hydrogen-bond donors (Lipinski definition) is 0. The topological polar surface area (TPSA) is 69.0 Å². The minimum atomic E-state index is -1.54. The third kappa shape index (κ3) is 3.98. The summed E-state index contributed by atoms with van der Waals surface area (Å²) >= 11 is 1.26. The van der Waals surface area contributed by atoms with E-state index in [9.17, 15) is 13.2 Å². The Kier molecular flexibility index (Phi) is 5.33. The molecule has 1 saturated carbocycles. The Morgan fingerprint density at radius 1 is 1.09 bits per heavy atom. The van der Waals surface area contributed by atoms with Crippen LogP contribution in [0.25, 0.3) is 27.2 Å². The van der Waals surface area contributed by atoms with E-state index in [1.54, 1.807) is 11.1 Å². The van der Waals surface area contributed by atoms with E-state index in [1.165, 1.54) is 17.4 Å². The second-order valence-corrected chi connectivity index (χ2v) is 9.86. The monoisotopic (exact) mass is 498 g/mol. The molecule has 0 radical (unpaired) electrons. The highest BCUT2D eigenvalue weighted by Gasteiger charge is 2.27. The lowest BCUT2D eigenvalue weighted by Crippen LogP contribution is -2.11. The molecule has 11 heteroatoms. The molecule has 2 aliphatic rings. The van der Waals surface area contributed by atoms with Crippen LogP contribution >= 0.6 is 11.3 Å². The smallest absolute Gasteiger partial charge is 0.195 e. The molecule has 1 aliphatic carbocycles. The zero-order chi connectivity index (χ0) is 24.3. The van der Waals surface area contributed by atoms with Crippen LogP contribution < -0.4 is 4.90 Å². The Hall–Kier alpha value is -3.31. The van der Waals surface area contributed by atoms with Crippen molar-refractivity contribution in [1.29, 1.82) is 0 Å². The molecule has 4 aromatic rings. The number of nitrogens with zero attached hydrogens (tertiary/aromatic N) is 6. The van der Waals surface area contributed by atoms with Crippen LogP contribution in [0.5, 0.6) is 0 Å². The molecule has 0 N–H and O–H groups in total. The summed E-state index contributed by atoms with van der Waals surface area (Å²) in [6.07, 6.45) is 8.23. The molecule has 4 heterocycles. The van der Waals surface area contributed by atoms with E-state index in [2.05, 4.69) is 20.1 Å². The van der Waals surface area contributed by atoms with Crippen LogP contribution in [0.2, 0.25) is 0 Å². The van der Waals surface area contributed by atoms with E-state index in [0.29, 0.717) is 40.4 Å². The largest absolute Gasteiger partial charge is 0.369 e. The van der Waals surface area contributed by atoms with Gasteiger partial charge >= 0.3 is 0 Å². The van der Waals surface area contributed by atoms with Crippen molar-refractivity contribution in [3.8, 4) is 11.3 Å². The second kappa shape index (κ2) is 8.42. The van der Waals surface area contributed by atoms with Gasteiger partial charge < -0.3 is 9.64 Å². The van der Waals surface area contributed by atoms with Gasteiger partial charge in [0.25, 0.3) is 0 Å². The van der Waals surface area contributed by atoms with Crippen molar-refractivity contribution in [2.75, 3.05) is 25.6 Å². The Labute approximate surface area is 202 Å². The third-order valence-electron chi connectivity index (χ3n) is 6.10. The number of benzene rings is 1. The van der Waals surface area contributed by atoms with Gasteiger partial charge in [-0.1, -0.05) is 11.3 Å². The van der Waals surface area contributed by atoms with E-state index >= 15 is 0 Å². The summed E-state index contributed by atoms with van der Waals surface area (Å²) in [6, 6.07) is 2.56. The Morgan fingerprint density at radius 3 is 2.69 bits per heavy atom. The van der Waals surface area contributed by atoms with Crippen LogP contribution in [0, 0.1) is 17.5 Å². The van der Waals surface area contributed by atoms with Gasteiger partial charge in [-0.25, -0.2) is 23.1 Å². The van der Waals surface area contributed by atoms with E-state index in [0.717, 1.165) is 30.0 Å².